The monoisotopic (exact) mass is 323 g/mol. The molecule has 0 bridgehead atoms. The molecule has 0 saturated carbocycles. The van der Waals surface area contributed by atoms with Crippen LogP contribution in [0.3, 0.4) is 0 Å². The van der Waals surface area contributed by atoms with E-state index in [1.807, 2.05) is 32.1 Å². The van der Waals surface area contributed by atoms with Crippen molar-refractivity contribution in [1.29, 1.82) is 0 Å². The largest absolute Gasteiger partial charge is 0.504 e. The number of aromatic nitrogens is 1. The second kappa shape index (κ2) is 7.29. The lowest BCUT2D eigenvalue weighted by molar-refractivity contribution is 0.460. The van der Waals surface area contributed by atoms with Crippen LogP contribution in [0.5, 0.6) is 5.75 Å². The van der Waals surface area contributed by atoms with Crippen LogP contribution in [0.15, 0.2) is 28.7 Å². The minimum absolute atomic E-state index is 0.0398. The predicted molar refractivity (Wildman–Crippen MR) is 80.2 cm³/mol. The average Bonchev–Trinajstić information content (AvgIpc) is 2.34. The highest BCUT2D eigenvalue weighted by Gasteiger charge is 2.16. The average molecular weight is 325 g/mol. The van der Waals surface area contributed by atoms with Gasteiger partial charge in [0, 0.05) is 5.75 Å². The Bertz CT molecular complexity index is 474. The molecule has 0 aliphatic heterocycles. The number of aromatic hydroxyl groups is 1. The molecule has 0 spiro atoms. The fraction of sp³-hybridized carbons (Fsp3) is 0.250. The highest BCUT2D eigenvalue weighted by Crippen LogP contribution is 2.42. The summed E-state index contributed by atoms with van der Waals surface area (Å²) in [5.74, 6) is 0.545. The molecule has 0 fully saturated rings. The summed E-state index contributed by atoms with van der Waals surface area (Å²) in [4.78, 5) is 4.17. The maximum Gasteiger partial charge on any atom is 0.173 e. The number of thioether (sulfide) groups is 1. The third kappa shape index (κ3) is 4.09. The lowest BCUT2D eigenvalue weighted by Crippen LogP contribution is -1.88. The van der Waals surface area contributed by atoms with Crippen LogP contribution in [0.4, 0.5) is 0 Å². The smallest absolute Gasteiger partial charge is 0.173 e. The molecule has 0 aliphatic carbocycles. The van der Waals surface area contributed by atoms with Gasteiger partial charge in [-0.25, -0.2) is 4.98 Å². The summed E-state index contributed by atoms with van der Waals surface area (Å²) >= 11 is 18.9. The maximum absolute atomic E-state index is 9.80. The van der Waals surface area contributed by atoms with Crippen LogP contribution in [0.25, 0.3) is 0 Å². The molecule has 98 valence electrons. The van der Waals surface area contributed by atoms with Crippen LogP contribution in [-0.2, 0) is 0 Å². The van der Waals surface area contributed by atoms with E-state index >= 15 is 0 Å². The van der Waals surface area contributed by atoms with E-state index in [2.05, 4.69) is 4.98 Å². The summed E-state index contributed by atoms with van der Waals surface area (Å²) in [6.45, 7) is 3.93. The van der Waals surface area contributed by atoms with Crippen molar-refractivity contribution in [1.82, 2.24) is 4.98 Å². The van der Waals surface area contributed by atoms with Gasteiger partial charge < -0.3 is 5.11 Å². The van der Waals surface area contributed by atoms with Crippen molar-refractivity contribution in [2.75, 3.05) is 5.75 Å². The van der Waals surface area contributed by atoms with Crippen LogP contribution in [0, 0.1) is 0 Å². The van der Waals surface area contributed by atoms with E-state index in [0.717, 1.165) is 5.57 Å². The molecule has 0 aromatic carbocycles. The Kier molecular flexibility index (Phi) is 6.36. The van der Waals surface area contributed by atoms with Gasteiger partial charge in [-0.05, 0) is 13.8 Å². The molecule has 6 heteroatoms. The maximum atomic E-state index is 9.80. The van der Waals surface area contributed by atoms with E-state index in [-0.39, 0.29) is 21.1 Å². The molecule has 0 amide bonds. The number of hydrogen-bond acceptors (Lipinski definition) is 3. The first-order valence-electron chi connectivity index (χ1n) is 5.12. The minimum atomic E-state index is -0.130. The van der Waals surface area contributed by atoms with Crippen molar-refractivity contribution < 1.29 is 5.11 Å². The Hall–Kier alpha value is -0.350. The topological polar surface area (TPSA) is 33.1 Å². The lowest BCUT2D eigenvalue weighted by atomic mass is 10.3. The molecule has 2 nitrogen and oxygen atoms in total. The lowest BCUT2D eigenvalue weighted by Gasteiger charge is -2.09. The molecule has 1 aromatic rings. The molecule has 18 heavy (non-hydrogen) atoms. The Labute approximate surface area is 126 Å². The van der Waals surface area contributed by atoms with Gasteiger partial charge >= 0.3 is 0 Å². The third-order valence-electron chi connectivity index (χ3n) is 2.00. The number of nitrogens with zero attached hydrogens (tertiary/aromatic N) is 1. The van der Waals surface area contributed by atoms with Gasteiger partial charge in [0.05, 0.1) is 9.92 Å². The molecule has 0 saturated heterocycles. The summed E-state index contributed by atoms with van der Waals surface area (Å²) in [7, 11) is 0. The van der Waals surface area contributed by atoms with Crippen molar-refractivity contribution in [3.05, 3.63) is 39.1 Å². The van der Waals surface area contributed by atoms with E-state index in [9.17, 15) is 5.11 Å². The zero-order valence-electron chi connectivity index (χ0n) is 9.88. The molecule has 1 aromatic heterocycles. The van der Waals surface area contributed by atoms with Gasteiger partial charge in [0.2, 0.25) is 0 Å². The standard InChI is InChI=1S/C12H12Cl3NOS/c1-3-4-5-7(2)6-18-10-8(13)11(14)16-12(15)9(10)17/h3-5,17H,6H2,1-2H3/b4-3-,7-5+. The molecule has 1 N–H and O–H groups in total. The highest BCUT2D eigenvalue weighted by atomic mass is 35.5. The molecule has 1 heterocycles. The highest BCUT2D eigenvalue weighted by molar-refractivity contribution is 7.99. The van der Waals surface area contributed by atoms with Gasteiger partial charge in [-0.3, -0.25) is 0 Å². The van der Waals surface area contributed by atoms with Crippen molar-refractivity contribution in [2.24, 2.45) is 0 Å². The second-order valence-corrected chi connectivity index (χ2v) is 5.59. The van der Waals surface area contributed by atoms with Crippen molar-refractivity contribution in [3.8, 4) is 5.75 Å². The van der Waals surface area contributed by atoms with E-state index in [1.54, 1.807) is 0 Å². The molecule has 1 rings (SSSR count). The van der Waals surface area contributed by atoms with Crippen LogP contribution in [0.1, 0.15) is 13.8 Å². The number of hydrogen-bond donors (Lipinski definition) is 1. The molecule has 0 radical (unpaired) electrons. The number of rotatable bonds is 4. The zero-order valence-corrected chi connectivity index (χ0v) is 13.0. The first-order chi connectivity index (χ1) is 8.47. The Balaban J connectivity index is 2.92. The molecular formula is C12H12Cl3NOS. The Morgan fingerprint density at radius 1 is 1.33 bits per heavy atom. The summed E-state index contributed by atoms with van der Waals surface area (Å²) < 4.78 is 0. The molecule has 0 atom stereocenters. The van der Waals surface area contributed by atoms with Gasteiger partial charge in [0.1, 0.15) is 0 Å². The van der Waals surface area contributed by atoms with E-state index in [4.69, 9.17) is 34.8 Å². The van der Waals surface area contributed by atoms with Crippen LogP contribution >= 0.6 is 46.6 Å². The van der Waals surface area contributed by atoms with Gasteiger partial charge in [0.15, 0.2) is 16.1 Å². The van der Waals surface area contributed by atoms with Crippen molar-refractivity contribution in [2.45, 2.75) is 18.7 Å². The fourth-order valence-electron chi connectivity index (χ4n) is 1.11. The van der Waals surface area contributed by atoms with E-state index in [1.165, 1.54) is 11.8 Å². The van der Waals surface area contributed by atoms with Crippen LogP contribution < -0.4 is 0 Å². The van der Waals surface area contributed by atoms with Crippen LogP contribution in [-0.4, -0.2) is 15.8 Å². The quantitative estimate of drug-likeness (QED) is 0.459. The summed E-state index contributed by atoms with van der Waals surface area (Å²) in [6, 6.07) is 0. The second-order valence-electron chi connectivity index (χ2n) is 3.51. The molecule has 0 unspecified atom stereocenters. The van der Waals surface area contributed by atoms with Gasteiger partial charge in [0.25, 0.3) is 0 Å². The minimum Gasteiger partial charge on any atom is -0.504 e. The summed E-state index contributed by atoms with van der Waals surface area (Å²) in [5.41, 5.74) is 1.14. The van der Waals surface area contributed by atoms with Crippen LogP contribution in [0.2, 0.25) is 15.3 Å². The zero-order chi connectivity index (χ0) is 13.7. The Morgan fingerprint density at radius 2 is 2.00 bits per heavy atom. The van der Waals surface area contributed by atoms with Gasteiger partial charge in [-0.1, -0.05) is 58.6 Å². The number of halogens is 3. The fourth-order valence-corrected chi connectivity index (χ4v) is 2.84. The summed E-state index contributed by atoms with van der Waals surface area (Å²) in [6.07, 6.45) is 5.88. The van der Waals surface area contributed by atoms with Gasteiger partial charge in [-0.2, -0.15) is 0 Å². The third-order valence-corrected chi connectivity index (χ3v) is 4.40. The summed E-state index contributed by atoms with van der Waals surface area (Å²) in [5, 5.41) is 10.1. The van der Waals surface area contributed by atoms with Crippen molar-refractivity contribution >= 4 is 46.6 Å². The van der Waals surface area contributed by atoms with Gasteiger partial charge in [-0.15, -0.1) is 11.8 Å². The van der Waals surface area contributed by atoms with E-state index < -0.39 is 0 Å². The predicted octanol–water partition coefficient (Wildman–Crippen LogP) is 5.36. The molecular weight excluding hydrogens is 313 g/mol. The van der Waals surface area contributed by atoms with Crippen molar-refractivity contribution in [3.63, 3.8) is 0 Å². The number of allylic oxidation sites excluding steroid dienone is 3. The SMILES string of the molecule is C/C=C\C=C(/C)CSc1c(O)c(Cl)nc(Cl)c1Cl. The Morgan fingerprint density at radius 3 is 2.61 bits per heavy atom. The van der Waals surface area contributed by atoms with E-state index in [0.29, 0.717) is 10.6 Å². The first-order valence-corrected chi connectivity index (χ1v) is 7.24. The first kappa shape index (κ1) is 15.7. The number of pyridine rings is 1. The normalized spacial score (nSPS) is 12.4. The molecule has 0 aliphatic rings.